The topological polar surface area (TPSA) is 203 Å². The zero-order valence-electron chi connectivity index (χ0n) is 40.9. The molecule has 0 bridgehead atoms. The van der Waals surface area contributed by atoms with Crippen LogP contribution in [0.25, 0.3) is 0 Å². The molecule has 0 radical (unpaired) electrons. The minimum atomic E-state index is -4.67. The fourth-order valence-electron chi connectivity index (χ4n) is 6.97. The summed E-state index contributed by atoms with van der Waals surface area (Å²) in [7, 11) is -9.33. The minimum Gasteiger partial charge on any atom is -0.381 e. The fraction of sp³-hybridized carbons (Fsp3) is 1.00. The van der Waals surface area contributed by atoms with Crippen LogP contribution in [0.1, 0.15) is 285 Å². The first-order chi connectivity index (χ1) is 28.8. The normalized spacial score (nSPS) is 11.1. The Morgan fingerprint density at radius 1 is 0.246 bits per heavy atom. The molecule has 0 aliphatic carbocycles. The lowest BCUT2D eigenvalue weighted by Gasteiger charge is -2.05. The molecule has 0 heterocycles. The highest BCUT2D eigenvalue weighted by atomic mass is 32.3. The predicted molar refractivity (Wildman–Crippen MR) is 262 cm³/mol. The van der Waals surface area contributed by atoms with Crippen molar-refractivity contribution < 1.29 is 44.5 Å². The van der Waals surface area contributed by atoms with Gasteiger partial charge in [0.2, 0.25) is 0 Å². The van der Waals surface area contributed by atoms with Gasteiger partial charge in [0.25, 0.3) is 0 Å². The van der Waals surface area contributed by atoms with E-state index in [1.807, 2.05) is 0 Å². The first kappa shape index (κ1) is 69.7. The van der Waals surface area contributed by atoms with Crippen molar-refractivity contribution in [1.29, 1.82) is 0 Å². The van der Waals surface area contributed by atoms with E-state index >= 15 is 0 Å². The monoisotopic (exact) mass is 922 g/mol. The first-order valence-corrected chi connectivity index (χ1v) is 28.2. The Bertz CT molecular complexity index is 820. The van der Waals surface area contributed by atoms with Crippen LogP contribution in [-0.4, -0.2) is 61.5 Å². The summed E-state index contributed by atoms with van der Waals surface area (Å²) >= 11 is 0. The predicted octanol–water partition coefficient (Wildman–Crippen LogP) is 16.5. The van der Waals surface area contributed by atoms with Crippen LogP contribution in [0.4, 0.5) is 0 Å². The maximum Gasteiger partial charge on any atom is 0.394 e. The van der Waals surface area contributed by atoms with Gasteiger partial charge in [0.15, 0.2) is 0 Å². The average Bonchev–Trinajstić information content (AvgIpc) is 3.18. The minimum absolute atomic E-state index is 0. The summed E-state index contributed by atoms with van der Waals surface area (Å²) in [5.41, 5.74) is 0. The maximum atomic E-state index is 8.74. The van der Waals surface area contributed by atoms with Gasteiger partial charge in [0, 0.05) is 26.4 Å². The maximum absolute atomic E-state index is 8.74. The van der Waals surface area contributed by atoms with Crippen LogP contribution in [0.5, 0.6) is 0 Å². The number of hydrogen-bond acceptors (Lipinski definition) is 7. The second-order valence-corrected chi connectivity index (χ2v) is 18.6. The lowest BCUT2D eigenvalue weighted by molar-refractivity contribution is 0.125. The summed E-state index contributed by atoms with van der Waals surface area (Å²) in [6, 6.07) is 0. The van der Waals surface area contributed by atoms with Gasteiger partial charge < -0.3 is 15.6 Å². The Balaban J connectivity index is -0.000000276. The van der Waals surface area contributed by atoms with Crippen molar-refractivity contribution in [1.82, 2.24) is 6.15 Å². The smallest absolute Gasteiger partial charge is 0.381 e. The molecule has 0 amide bonds. The third-order valence-corrected chi connectivity index (χ3v) is 10.6. The van der Waals surface area contributed by atoms with Crippen LogP contribution >= 0.6 is 0 Å². The molecule has 0 aliphatic rings. The van der Waals surface area contributed by atoms with E-state index in [9.17, 15) is 0 Å². The summed E-state index contributed by atoms with van der Waals surface area (Å²) in [5, 5.41) is 0. The third kappa shape index (κ3) is 104. The molecule has 11 nitrogen and oxygen atoms in total. The molecule has 0 saturated carbocycles. The summed E-state index contributed by atoms with van der Waals surface area (Å²) < 4.78 is 74.7. The van der Waals surface area contributed by atoms with Gasteiger partial charge in [-0.05, 0) is 25.7 Å². The average molecular weight is 923 g/mol. The second kappa shape index (κ2) is 61.7. The molecule has 0 rings (SSSR count). The van der Waals surface area contributed by atoms with Crippen LogP contribution in [-0.2, 0) is 30.3 Å². The van der Waals surface area contributed by atoms with Crippen molar-refractivity contribution in [2.45, 2.75) is 285 Å². The molecule has 0 saturated heterocycles. The Hall–Kier alpha value is -0.380. The quantitative estimate of drug-likeness (QED) is 0.0287. The van der Waals surface area contributed by atoms with Gasteiger partial charge in [-0.2, -0.15) is 16.8 Å². The Morgan fingerprint density at radius 2 is 0.344 bits per heavy atom. The highest BCUT2D eigenvalue weighted by Gasteiger charge is 1.97. The Kier molecular flexibility index (Phi) is 70.5. The molecule has 61 heavy (non-hydrogen) atoms. The van der Waals surface area contributed by atoms with E-state index in [2.05, 4.69) is 27.7 Å². The van der Waals surface area contributed by atoms with E-state index in [1.54, 1.807) is 0 Å². The largest absolute Gasteiger partial charge is 0.394 e. The van der Waals surface area contributed by atoms with Crippen LogP contribution < -0.4 is 6.15 Å². The zero-order chi connectivity index (χ0) is 45.5. The van der Waals surface area contributed by atoms with Crippen molar-refractivity contribution in [2.24, 2.45) is 0 Å². The van der Waals surface area contributed by atoms with E-state index in [4.69, 9.17) is 44.5 Å². The van der Waals surface area contributed by atoms with Crippen LogP contribution in [0.2, 0.25) is 0 Å². The van der Waals surface area contributed by atoms with Gasteiger partial charge in [-0.25, -0.2) is 0 Å². The summed E-state index contributed by atoms with van der Waals surface area (Å²) in [4.78, 5) is 0. The summed E-state index contributed by atoms with van der Waals surface area (Å²) in [6.45, 7) is 13.1. The van der Waals surface area contributed by atoms with Crippen LogP contribution in [0.3, 0.4) is 0 Å². The Labute approximate surface area is 381 Å². The van der Waals surface area contributed by atoms with E-state index in [0.29, 0.717) is 0 Å². The molecular weight excluding hydrogens is 815 g/mol. The van der Waals surface area contributed by atoms with Crippen molar-refractivity contribution in [3.05, 3.63) is 0 Å². The van der Waals surface area contributed by atoms with Crippen molar-refractivity contribution in [3.8, 4) is 0 Å². The number of hydrogen-bond donors (Lipinski definition) is 5. The lowest BCUT2D eigenvalue weighted by atomic mass is 10.1. The molecule has 0 aromatic heterocycles. The fourth-order valence-corrected chi connectivity index (χ4v) is 6.97. The molecular formula is C48H107NO10S2. The van der Waals surface area contributed by atoms with Crippen molar-refractivity contribution >= 4 is 20.8 Å². The highest BCUT2D eigenvalue weighted by Crippen LogP contribution is 2.14. The van der Waals surface area contributed by atoms with E-state index < -0.39 is 20.8 Å². The van der Waals surface area contributed by atoms with Gasteiger partial charge in [-0.15, -0.1) is 0 Å². The van der Waals surface area contributed by atoms with Crippen molar-refractivity contribution in [3.63, 3.8) is 0 Å². The lowest BCUT2D eigenvalue weighted by Crippen LogP contribution is -1.97. The van der Waals surface area contributed by atoms with E-state index in [0.717, 1.165) is 26.4 Å². The third-order valence-electron chi connectivity index (χ3n) is 10.6. The zero-order valence-corrected chi connectivity index (χ0v) is 42.5. The molecule has 376 valence electrons. The van der Waals surface area contributed by atoms with E-state index in [1.165, 1.54) is 257 Å². The molecule has 13 heteroatoms. The first-order valence-electron chi connectivity index (χ1n) is 25.4. The van der Waals surface area contributed by atoms with Gasteiger partial charge in [-0.1, -0.05) is 259 Å². The second-order valence-electron chi connectivity index (χ2n) is 16.8. The molecule has 0 aromatic rings. The van der Waals surface area contributed by atoms with Crippen LogP contribution in [0.15, 0.2) is 0 Å². The van der Waals surface area contributed by atoms with Gasteiger partial charge >= 0.3 is 20.8 Å². The number of unbranched alkanes of at least 4 members (excludes halogenated alkanes) is 36. The SMILES string of the molecule is CCCCCCCCCCCCOCCCCCCCCCCCC.CCCCCCCCCCCCOCCCCCCCCCCCC.N.O=S(=O)(O)O.O=S(=O)(O)O. The highest BCUT2D eigenvalue weighted by molar-refractivity contribution is 7.80. The molecule has 0 atom stereocenters. The molecule has 0 aromatic carbocycles. The molecule has 0 fully saturated rings. The number of rotatable bonds is 44. The summed E-state index contributed by atoms with van der Waals surface area (Å²) in [6.07, 6.45) is 56.3. The van der Waals surface area contributed by atoms with E-state index in [-0.39, 0.29) is 6.15 Å². The summed E-state index contributed by atoms with van der Waals surface area (Å²) in [5.74, 6) is 0. The van der Waals surface area contributed by atoms with Gasteiger partial charge in [0.05, 0.1) is 0 Å². The molecule has 0 unspecified atom stereocenters. The van der Waals surface area contributed by atoms with Gasteiger partial charge in [0.1, 0.15) is 0 Å². The Morgan fingerprint density at radius 3 is 0.459 bits per heavy atom. The number of ether oxygens (including phenoxy) is 2. The molecule has 0 aliphatic heterocycles. The van der Waals surface area contributed by atoms with Gasteiger partial charge in [-0.3, -0.25) is 18.2 Å². The van der Waals surface area contributed by atoms with Crippen molar-refractivity contribution in [2.75, 3.05) is 26.4 Å². The van der Waals surface area contributed by atoms with Crippen LogP contribution in [0, 0.1) is 0 Å². The molecule has 7 N–H and O–H groups in total. The molecule has 0 spiro atoms. The standard InChI is InChI=1S/2C24H50O.H3N.2H2O4S/c2*1-3-5-7-9-11-13-15-17-19-21-23-25-24-22-20-18-16-14-12-10-8-6-4-2;;2*1-5(2,3)4/h2*3-24H2,1-2H3;1H3;2*(H2,1,2,3,4).